The number of ether oxygens (including phenoxy) is 1. The minimum Gasteiger partial charge on any atom is -0.481 e. The summed E-state index contributed by atoms with van der Waals surface area (Å²) in [7, 11) is 1.61. The van der Waals surface area contributed by atoms with E-state index in [4.69, 9.17) is 4.74 Å². The zero-order valence-corrected chi connectivity index (χ0v) is 12.5. The highest BCUT2D eigenvalue weighted by Crippen LogP contribution is 2.12. The first-order valence-corrected chi connectivity index (χ1v) is 6.73. The molecule has 0 spiro atoms. The first kappa shape index (κ1) is 14.3. The van der Waals surface area contributed by atoms with E-state index in [1.54, 1.807) is 13.2 Å². The van der Waals surface area contributed by atoms with Gasteiger partial charge in [0.15, 0.2) is 0 Å². The SMILES string of the molecule is COc1cc(NCCCn2nc(C)cc2C)nc(C)n1. The van der Waals surface area contributed by atoms with E-state index in [0.717, 1.165) is 31.0 Å². The van der Waals surface area contributed by atoms with Crippen molar-refractivity contribution in [1.82, 2.24) is 19.7 Å². The van der Waals surface area contributed by atoms with Gasteiger partial charge in [0.05, 0.1) is 12.8 Å². The fourth-order valence-electron chi connectivity index (χ4n) is 2.08. The number of anilines is 1. The molecule has 0 saturated heterocycles. The number of aromatic nitrogens is 4. The Hall–Kier alpha value is -2.11. The van der Waals surface area contributed by atoms with Crippen molar-refractivity contribution in [1.29, 1.82) is 0 Å². The number of rotatable bonds is 6. The predicted molar refractivity (Wildman–Crippen MR) is 78.1 cm³/mol. The molecule has 0 aliphatic carbocycles. The maximum atomic E-state index is 5.12. The highest BCUT2D eigenvalue weighted by molar-refractivity contribution is 5.38. The molecule has 1 N–H and O–H groups in total. The van der Waals surface area contributed by atoms with Crippen molar-refractivity contribution in [2.45, 2.75) is 33.7 Å². The van der Waals surface area contributed by atoms with E-state index in [-0.39, 0.29) is 0 Å². The maximum Gasteiger partial charge on any atom is 0.218 e. The highest BCUT2D eigenvalue weighted by Gasteiger charge is 2.02. The Morgan fingerprint density at radius 3 is 2.65 bits per heavy atom. The lowest BCUT2D eigenvalue weighted by Crippen LogP contribution is -2.10. The molecular formula is C14H21N5O. The van der Waals surface area contributed by atoms with E-state index in [1.165, 1.54) is 5.69 Å². The number of hydrogen-bond donors (Lipinski definition) is 1. The lowest BCUT2D eigenvalue weighted by molar-refractivity contribution is 0.396. The molecule has 0 amide bonds. The smallest absolute Gasteiger partial charge is 0.218 e. The van der Waals surface area contributed by atoms with E-state index in [0.29, 0.717) is 11.7 Å². The number of aryl methyl sites for hydroxylation is 4. The van der Waals surface area contributed by atoms with Crippen molar-refractivity contribution >= 4 is 5.82 Å². The van der Waals surface area contributed by atoms with Gasteiger partial charge in [0.2, 0.25) is 5.88 Å². The fourth-order valence-corrected chi connectivity index (χ4v) is 2.08. The Balaban J connectivity index is 1.84. The highest BCUT2D eigenvalue weighted by atomic mass is 16.5. The molecule has 0 aliphatic rings. The lowest BCUT2D eigenvalue weighted by Gasteiger charge is -2.08. The quantitative estimate of drug-likeness (QED) is 0.818. The zero-order chi connectivity index (χ0) is 14.5. The second-order valence-corrected chi connectivity index (χ2v) is 4.77. The summed E-state index contributed by atoms with van der Waals surface area (Å²) in [5, 5.41) is 7.72. The van der Waals surface area contributed by atoms with Gasteiger partial charge in [-0.05, 0) is 33.3 Å². The Morgan fingerprint density at radius 2 is 2.00 bits per heavy atom. The summed E-state index contributed by atoms with van der Waals surface area (Å²) >= 11 is 0. The van der Waals surface area contributed by atoms with Crippen LogP contribution in [0.25, 0.3) is 0 Å². The Labute approximate surface area is 119 Å². The standard InChI is InChI=1S/C14H21N5O/c1-10-8-11(2)19(18-10)7-5-6-15-13-9-14(20-4)17-12(3)16-13/h8-9H,5-7H2,1-4H3,(H,15,16,17). The molecular weight excluding hydrogens is 254 g/mol. The van der Waals surface area contributed by atoms with Crippen molar-refractivity contribution < 1.29 is 4.74 Å². The summed E-state index contributed by atoms with van der Waals surface area (Å²) in [5.41, 5.74) is 2.26. The third kappa shape index (κ3) is 3.69. The number of nitrogens with zero attached hydrogens (tertiary/aromatic N) is 4. The van der Waals surface area contributed by atoms with Crippen LogP contribution in [0.4, 0.5) is 5.82 Å². The van der Waals surface area contributed by atoms with Gasteiger partial charge in [-0.25, -0.2) is 4.98 Å². The molecule has 2 aromatic heterocycles. The van der Waals surface area contributed by atoms with Gasteiger partial charge in [-0.2, -0.15) is 10.1 Å². The molecule has 108 valence electrons. The molecule has 0 bridgehead atoms. The Bertz CT molecular complexity index is 579. The molecule has 0 unspecified atom stereocenters. The molecule has 6 nitrogen and oxygen atoms in total. The van der Waals surface area contributed by atoms with E-state index in [9.17, 15) is 0 Å². The van der Waals surface area contributed by atoms with Crippen LogP contribution in [-0.2, 0) is 6.54 Å². The van der Waals surface area contributed by atoms with Crippen molar-refractivity contribution in [2.75, 3.05) is 19.0 Å². The Kier molecular flexibility index (Phi) is 4.55. The number of methoxy groups -OCH3 is 1. The van der Waals surface area contributed by atoms with Crippen molar-refractivity contribution in [3.8, 4) is 5.88 Å². The lowest BCUT2D eigenvalue weighted by atomic mass is 10.4. The van der Waals surface area contributed by atoms with Crippen LogP contribution in [0.5, 0.6) is 5.88 Å². The van der Waals surface area contributed by atoms with Gasteiger partial charge in [0.25, 0.3) is 0 Å². The first-order chi connectivity index (χ1) is 9.58. The van der Waals surface area contributed by atoms with Crippen molar-refractivity contribution in [2.24, 2.45) is 0 Å². The van der Waals surface area contributed by atoms with Crippen LogP contribution in [-0.4, -0.2) is 33.4 Å². The van der Waals surface area contributed by atoms with Crippen LogP contribution in [0.3, 0.4) is 0 Å². The molecule has 0 aromatic carbocycles. The van der Waals surface area contributed by atoms with E-state index >= 15 is 0 Å². The first-order valence-electron chi connectivity index (χ1n) is 6.73. The van der Waals surface area contributed by atoms with Crippen LogP contribution in [0.1, 0.15) is 23.6 Å². The minimum absolute atomic E-state index is 0.582. The van der Waals surface area contributed by atoms with Gasteiger partial charge in [0, 0.05) is 24.8 Å². The van der Waals surface area contributed by atoms with Crippen molar-refractivity contribution in [3.05, 3.63) is 29.3 Å². The van der Waals surface area contributed by atoms with Gasteiger partial charge in [-0.1, -0.05) is 0 Å². The minimum atomic E-state index is 0.582. The fraction of sp³-hybridized carbons (Fsp3) is 0.500. The third-order valence-electron chi connectivity index (χ3n) is 2.98. The van der Waals surface area contributed by atoms with Gasteiger partial charge in [-0.15, -0.1) is 0 Å². The molecule has 20 heavy (non-hydrogen) atoms. The summed E-state index contributed by atoms with van der Waals surface area (Å²) in [6, 6.07) is 3.89. The summed E-state index contributed by atoms with van der Waals surface area (Å²) in [4.78, 5) is 8.48. The molecule has 6 heteroatoms. The van der Waals surface area contributed by atoms with Crippen LogP contribution in [0.2, 0.25) is 0 Å². The summed E-state index contributed by atoms with van der Waals surface area (Å²) in [6.45, 7) is 7.67. The number of nitrogens with one attached hydrogen (secondary N) is 1. The monoisotopic (exact) mass is 275 g/mol. The number of hydrogen-bond acceptors (Lipinski definition) is 5. The van der Waals surface area contributed by atoms with Gasteiger partial charge < -0.3 is 10.1 Å². The zero-order valence-electron chi connectivity index (χ0n) is 12.5. The molecule has 2 aromatic rings. The Morgan fingerprint density at radius 1 is 1.20 bits per heavy atom. The normalized spacial score (nSPS) is 10.6. The average molecular weight is 275 g/mol. The van der Waals surface area contributed by atoms with Gasteiger partial charge in [0.1, 0.15) is 11.6 Å². The summed E-state index contributed by atoms with van der Waals surface area (Å²) < 4.78 is 7.16. The van der Waals surface area contributed by atoms with E-state index in [2.05, 4.69) is 33.4 Å². The molecule has 0 fully saturated rings. The summed E-state index contributed by atoms with van der Waals surface area (Å²) in [6.07, 6.45) is 0.979. The van der Waals surface area contributed by atoms with Crippen LogP contribution in [0, 0.1) is 20.8 Å². The van der Waals surface area contributed by atoms with Crippen LogP contribution >= 0.6 is 0 Å². The molecule has 0 aliphatic heterocycles. The molecule has 0 saturated carbocycles. The van der Waals surface area contributed by atoms with Gasteiger partial charge >= 0.3 is 0 Å². The molecule has 2 rings (SSSR count). The largest absolute Gasteiger partial charge is 0.481 e. The molecule has 0 radical (unpaired) electrons. The predicted octanol–water partition coefficient (Wildman–Crippen LogP) is 2.11. The second kappa shape index (κ2) is 6.36. The maximum absolute atomic E-state index is 5.12. The molecule has 2 heterocycles. The molecule has 0 atom stereocenters. The van der Waals surface area contributed by atoms with E-state index < -0.39 is 0 Å². The second-order valence-electron chi connectivity index (χ2n) is 4.77. The third-order valence-corrected chi connectivity index (χ3v) is 2.98. The van der Waals surface area contributed by atoms with Gasteiger partial charge in [-0.3, -0.25) is 4.68 Å². The topological polar surface area (TPSA) is 64.9 Å². The average Bonchev–Trinajstić information content (AvgIpc) is 2.72. The van der Waals surface area contributed by atoms with E-state index in [1.807, 2.05) is 18.5 Å². The summed E-state index contributed by atoms with van der Waals surface area (Å²) in [5.74, 6) is 2.08. The van der Waals surface area contributed by atoms with Crippen LogP contribution < -0.4 is 10.1 Å². The van der Waals surface area contributed by atoms with Crippen molar-refractivity contribution in [3.63, 3.8) is 0 Å². The van der Waals surface area contributed by atoms with Crippen LogP contribution in [0.15, 0.2) is 12.1 Å².